The zero-order valence-corrected chi connectivity index (χ0v) is 19.4. The van der Waals surface area contributed by atoms with E-state index in [1.807, 2.05) is 84.9 Å². The quantitative estimate of drug-likeness (QED) is 0.280. The van der Waals surface area contributed by atoms with Crippen molar-refractivity contribution in [2.45, 2.75) is 19.3 Å². The molecule has 0 aliphatic carbocycles. The van der Waals surface area contributed by atoms with E-state index in [0.717, 1.165) is 17.0 Å². The number of para-hydroxylation sites is 1. The van der Waals surface area contributed by atoms with Crippen LogP contribution in [-0.4, -0.2) is 24.9 Å². The minimum atomic E-state index is -0.234. The number of ether oxygens (including phenoxy) is 1. The van der Waals surface area contributed by atoms with E-state index in [4.69, 9.17) is 9.15 Å². The summed E-state index contributed by atoms with van der Waals surface area (Å²) in [5.74, 6) is 1.45. The van der Waals surface area contributed by atoms with Crippen molar-refractivity contribution in [1.29, 1.82) is 0 Å². The maximum absolute atomic E-state index is 13.1. The minimum absolute atomic E-state index is 0.000165. The largest absolute Gasteiger partial charge is 0.459 e. The number of aryl methyl sites for hydroxylation is 1. The van der Waals surface area contributed by atoms with Crippen LogP contribution in [0.4, 0.5) is 5.69 Å². The Kier molecular flexibility index (Phi) is 8.32. The van der Waals surface area contributed by atoms with Gasteiger partial charge in [0.1, 0.15) is 11.5 Å². The van der Waals surface area contributed by atoms with Crippen LogP contribution in [0.25, 0.3) is 0 Å². The number of nitrogens with zero attached hydrogens (tertiary/aromatic N) is 1. The number of carbonyl (C=O) groups is 2. The SMILES string of the molecule is O=C(CCc1ccccc1)NCCCN(C(=O)c1ccco1)c1ccc(Oc2ccccc2)cc1. The predicted octanol–water partition coefficient (Wildman–Crippen LogP) is 5.86. The Morgan fingerprint density at radius 2 is 1.49 bits per heavy atom. The molecule has 0 bridgehead atoms. The predicted molar refractivity (Wildman–Crippen MR) is 136 cm³/mol. The summed E-state index contributed by atoms with van der Waals surface area (Å²) in [5, 5.41) is 2.95. The highest BCUT2D eigenvalue weighted by Gasteiger charge is 2.20. The fraction of sp³-hybridized carbons (Fsp3) is 0.172. The molecule has 1 heterocycles. The van der Waals surface area contributed by atoms with Gasteiger partial charge in [-0.1, -0.05) is 48.5 Å². The van der Waals surface area contributed by atoms with E-state index >= 15 is 0 Å². The Bertz CT molecular complexity index is 1190. The minimum Gasteiger partial charge on any atom is -0.459 e. The summed E-state index contributed by atoms with van der Waals surface area (Å²) >= 11 is 0. The highest BCUT2D eigenvalue weighted by molar-refractivity contribution is 6.04. The van der Waals surface area contributed by atoms with E-state index in [1.54, 1.807) is 17.0 Å². The van der Waals surface area contributed by atoms with Crippen LogP contribution in [-0.2, 0) is 11.2 Å². The Morgan fingerprint density at radius 1 is 0.800 bits per heavy atom. The van der Waals surface area contributed by atoms with Crippen molar-refractivity contribution >= 4 is 17.5 Å². The first kappa shape index (κ1) is 23.8. The molecule has 0 aliphatic heterocycles. The lowest BCUT2D eigenvalue weighted by atomic mass is 10.1. The molecule has 0 saturated heterocycles. The first-order valence-corrected chi connectivity index (χ1v) is 11.7. The van der Waals surface area contributed by atoms with Crippen molar-refractivity contribution in [2.24, 2.45) is 0 Å². The fourth-order valence-electron chi connectivity index (χ4n) is 3.66. The molecule has 1 aromatic heterocycles. The van der Waals surface area contributed by atoms with Crippen LogP contribution in [0.1, 0.15) is 29.0 Å². The van der Waals surface area contributed by atoms with Gasteiger partial charge < -0.3 is 19.4 Å². The van der Waals surface area contributed by atoms with Gasteiger partial charge in [-0.05, 0) is 66.9 Å². The zero-order chi connectivity index (χ0) is 24.3. The Morgan fingerprint density at radius 3 is 2.17 bits per heavy atom. The summed E-state index contributed by atoms with van der Waals surface area (Å²) in [6.07, 6.45) is 3.22. The van der Waals surface area contributed by atoms with Crippen LogP contribution in [0.15, 0.2) is 108 Å². The Balaban J connectivity index is 1.33. The number of amides is 2. The lowest BCUT2D eigenvalue weighted by Gasteiger charge is -2.22. The molecule has 6 nitrogen and oxygen atoms in total. The summed E-state index contributed by atoms with van der Waals surface area (Å²) in [6.45, 7) is 0.905. The lowest BCUT2D eigenvalue weighted by molar-refractivity contribution is -0.121. The number of benzene rings is 3. The maximum atomic E-state index is 13.1. The van der Waals surface area contributed by atoms with Crippen LogP contribution in [0.3, 0.4) is 0 Å². The smallest absolute Gasteiger partial charge is 0.293 e. The summed E-state index contributed by atoms with van der Waals surface area (Å²) < 4.78 is 11.2. The van der Waals surface area contributed by atoms with Gasteiger partial charge in [0.15, 0.2) is 5.76 Å². The Labute approximate surface area is 205 Å². The molecular formula is C29H28N2O4. The lowest BCUT2D eigenvalue weighted by Crippen LogP contribution is -2.34. The molecule has 6 heteroatoms. The molecule has 0 saturated carbocycles. The number of hydrogen-bond acceptors (Lipinski definition) is 4. The van der Waals surface area contributed by atoms with Gasteiger partial charge in [-0.3, -0.25) is 9.59 Å². The molecule has 3 aromatic carbocycles. The summed E-state index contributed by atoms with van der Waals surface area (Å²) in [7, 11) is 0. The fourth-order valence-corrected chi connectivity index (χ4v) is 3.66. The molecule has 178 valence electrons. The van der Waals surface area contributed by atoms with Crippen molar-refractivity contribution in [1.82, 2.24) is 5.32 Å². The molecule has 0 unspecified atom stereocenters. The first-order chi connectivity index (χ1) is 17.2. The van der Waals surface area contributed by atoms with Gasteiger partial charge in [0.05, 0.1) is 6.26 Å². The summed E-state index contributed by atoms with van der Waals surface area (Å²) in [4.78, 5) is 27.0. The standard InChI is InChI=1S/C29H28N2O4/c32-28(19-14-23-9-3-1-4-10-23)30-20-8-21-31(29(33)27-13-7-22-34-27)24-15-17-26(18-16-24)35-25-11-5-2-6-12-25/h1-7,9-13,15-18,22H,8,14,19-21H2,(H,30,32). The summed E-state index contributed by atoms with van der Waals surface area (Å²) in [6, 6.07) is 30.1. The molecule has 0 aliphatic rings. The van der Waals surface area contributed by atoms with Gasteiger partial charge in [0, 0.05) is 25.2 Å². The van der Waals surface area contributed by atoms with Crippen LogP contribution in [0.5, 0.6) is 11.5 Å². The van der Waals surface area contributed by atoms with E-state index in [0.29, 0.717) is 38.1 Å². The number of anilines is 1. The second kappa shape index (κ2) is 12.2. The van der Waals surface area contributed by atoms with Gasteiger partial charge in [0.2, 0.25) is 5.91 Å². The number of nitrogens with one attached hydrogen (secondary N) is 1. The van der Waals surface area contributed by atoms with Crippen LogP contribution in [0, 0.1) is 0 Å². The van der Waals surface area contributed by atoms with E-state index < -0.39 is 0 Å². The highest BCUT2D eigenvalue weighted by Crippen LogP contribution is 2.25. The second-order valence-electron chi connectivity index (χ2n) is 8.03. The molecule has 4 aromatic rings. The molecule has 0 radical (unpaired) electrons. The van der Waals surface area contributed by atoms with E-state index in [2.05, 4.69) is 5.32 Å². The molecular weight excluding hydrogens is 440 g/mol. The van der Waals surface area contributed by atoms with E-state index in [9.17, 15) is 9.59 Å². The summed E-state index contributed by atoms with van der Waals surface area (Å²) in [5.41, 5.74) is 1.86. The van der Waals surface area contributed by atoms with Crippen LogP contribution >= 0.6 is 0 Å². The van der Waals surface area contributed by atoms with Crippen molar-refractivity contribution in [3.8, 4) is 11.5 Å². The second-order valence-corrected chi connectivity index (χ2v) is 8.03. The monoisotopic (exact) mass is 468 g/mol. The van der Waals surface area contributed by atoms with Crippen molar-refractivity contribution in [3.05, 3.63) is 115 Å². The number of hydrogen-bond donors (Lipinski definition) is 1. The van der Waals surface area contributed by atoms with Gasteiger partial charge in [-0.15, -0.1) is 0 Å². The molecule has 0 atom stereocenters. The third kappa shape index (κ3) is 7.08. The van der Waals surface area contributed by atoms with Crippen LogP contribution < -0.4 is 15.0 Å². The highest BCUT2D eigenvalue weighted by atomic mass is 16.5. The number of carbonyl (C=O) groups excluding carboxylic acids is 2. The van der Waals surface area contributed by atoms with E-state index in [-0.39, 0.29) is 17.6 Å². The average Bonchev–Trinajstić information content (AvgIpc) is 3.44. The normalized spacial score (nSPS) is 10.5. The molecule has 0 spiro atoms. The molecule has 1 N–H and O–H groups in total. The average molecular weight is 469 g/mol. The topological polar surface area (TPSA) is 71.8 Å². The third-order valence-electron chi connectivity index (χ3n) is 5.47. The van der Waals surface area contributed by atoms with Gasteiger partial charge in [0.25, 0.3) is 5.91 Å². The molecule has 2 amide bonds. The third-order valence-corrected chi connectivity index (χ3v) is 5.47. The molecule has 0 fully saturated rings. The Hall–Kier alpha value is -4.32. The van der Waals surface area contributed by atoms with Crippen molar-refractivity contribution in [2.75, 3.05) is 18.0 Å². The number of furan rings is 1. The molecule has 4 rings (SSSR count). The van der Waals surface area contributed by atoms with Crippen molar-refractivity contribution < 1.29 is 18.7 Å². The van der Waals surface area contributed by atoms with Gasteiger partial charge >= 0.3 is 0 Å². The first-order valence-electron chi connectivity index (χ1n) is 11.7. The maximum Gasteiger partial charge on any atom is 0.293 e. The van der Waals surface area contributed by atoms with Gasteiger partial charge in [-0.2, -0.15) is 0 Å². The van der Waals surface area contributed by atoms with Crippen LogP contribution in [0.2, 0.25) is 0 Å². The zero-order valence-electron chi connectivity index (χ0n) is 19.4. The molecule has 35 heavy (non-hydrogen) atoms. The number of rotatable bonds is 11. The van der Waals surface area contributed by atoms with Gasteiger partial charge in [-0.25, -0.2) is 0 Å². The van der Waals surface area contributed by atoms with E-state index in [1.165, 1.54) is 6.26 Å². The van der Waals surface area contributed by atoms with Crippen molar-refractivity contribution in [3.63, 3.8) is 0 Å².